The summed E-state index contributed by atoms with van der Waals surface area (Å²) in [6.07, 6.45) is 7.02. The van der Waals surface area contributed by atoms with Crippen molar-refractivity contribution < 1.29 is 4.79 Å². The predicted octanol–water partition coefficient (Wildman–Crippen LogP) is 1.49. The molecule has 4 nitrogen and oxygen atoms in total. The number of carbonyl (C=O) groups excluding carboxylic acids is 1. The first kappa shape index (κ1) is 14.8. The van der Waals surface area contributed by atoms with Crippen LogP contribution >= 0.6 is 0 Å². The van der Waals surface area contributed by atoms with Crippen LogP contribution in [0.3, 0.4) is 0 Å². The molecule has 1 amide bonds. The van der Waals surface area contributed by atoms with Crippen LogP contribution in [0, 0.1) is 5.92 Å². The fraction of sp³-hybridized carbons (Fsp3) is 0.933. The number of nitrogens with zero attached hydrogens (tertiary/aromatic N) is 1. The van der Waals surface area contributed by atoms with E-state index in [9.17, 15) is 4.79 Å². The van der Waals surface area contributed by atoms with Crippen molar-refractivity contribution in [1.29, 1.82) is 0 Å². The second-order valence-electron chi connectivity index (χ2n) is 6.49. The number of carbonyl (C=O) groups is 1. The minimum absolute atomic E-state index is 0.0435. The van der Waals surface area contributed by atoms with Gasteiger partial charge in [0.15, 0.2) is 0 Å². The Morgan fingerprint density at radius 3 is 2.47 bits per heavy atom. The highest BCUT2D eigenvalue weighted by Gasteiger charge is 2.37. The molecule has 0 aliphatic carbocycles. The predicted molar refractivity (Wildman–Crippen MR) is 77.8 cm³/mol. The van der Waals surface area contributed by atoms with Gasteiger partial charge in [0, 0.05) is 18.1 Å². The van der Waals surface area contributed by atoms with Gasteiger partial charge < -0.3 is 16.0 Å². The molecule has 4 heteroatoms. The molecule has 2 aliphatic heterocycles. The molecule has 2 heterocycles. The molecular formula is C15H29N3O. The highest BCUT2D eigenvalue weighted by molar-refractivity contribution is 5.82. The fourth-order valence-electron chi connectivity index (χ4n) is 3.54. The average Bonchev–Trinajstić information content (AvgIpc) is 2.38. The number of fused-ring (bicyclic) bond motifs is 2. The lowest BCUT2D eigenvalue weighted by molar-refractivity contribution is -0.124. The maximum atomic E-state index is 12.2. The molecule has 0 aromatic heterocycles. The van der Waals surface area contributed by atoms with Gasteiger partial charge >= 0.3 is 0 Å². The van der Waals surface area contributed by atoms with Gasteiger partial charge in [-0.3, -0.25) is 4.79 Å². The maximum Gasteiger partial charge on any atom is 0.237 e. The number of nitrogens with one attached hydrogen (secondary N) is 1. The van der Waals surface area contributed by atoms with Crippen LogP contribution < -0.4 is 11.1 Å². The van der Waals surface area contributed by atoms with Crippen LogP contribution in [0.5, 0.6) is 0 Å². The number of rotatable bonds is 4. The smallest absolute Gasteiger partial charge is 0.237 e. The number of nitrogens with two attached hydrogens (primary N) is 1. The van der Waals surface area contributed by atoms with E-state index in [1.165, 1.54) is 19.3 Å². The van der Waals surface area contributed by atoms with Crippen molar-refractivity contribution in [2.75, 3.05) is 7.05 Å². The SMILES string of the molecule is CC[C@H](C)[C@H](N)C(=O)NC1CC2CCCC(C1)N2C. The molecule has 2 aliphatic rings. The van der Waals surface area contributed by atoms with Crippen molar-refractivity contribution in [1.82, 2.24) is 10.2 Å². The van der Waals surface area contributed by atoms with E-state index in [0.717, 1.165) is 19.3 Å². The van der Waals surface area contributed by atoms with Crippen LogP contribution in [-0.2, 0) is 4.79 Å². The average molecular weight is 267 g/mol. The maximum absolute atomic E-state index is 12.2. The molecule has 4 atom stereocenters. The molecule has 19 heavy (non-hydrogen) atoms. The van der Waals surface area contributed by atoms with E-state index in [-0.39, 0.29) is 17.9 Å². The molecule has 2 unspecified atom stereocenters. The van der Waals surface area contributed by atoms with E-state index in [1.54, 1.807) is 0 Å². The third-order valence-electron chi connectivity index (χ3n) is 5.25. The third-order valence-corrected chi connectivity index (χ3v) is 5.25. The lowest BCUT2D eigenvalue weighted by Gasteiger charge is -2.47. The Morgan fingerprint density at radius 1 is 1.37 bits per heavy atom. The van der Waals surface area contributed by atoms with Crippen molar-refractivity contribution in [2.24, 2.45) is 11.7 Å². The van der Waals surface area contributed by atoms with Crippen molar-refractivity contribution in [3.63, 3.8) is 0 Å². The quantitative estimate of drug-likeness (QED) is 0.811. The minimum Gasteiger partial charge on any atom is -0.352 e. The van der Waals surface area contributed by atoms with E-state index in [0.29, 0.717) is 18.1 Å². The topological polar surface area (TPSA) is 58.4 Å². The van der Waals surface area contributed by atoms with Gasteiger partial charge in [-0.1, -0.05) is 26.7 Å². The van der Waals surface area contributed by atoms with Gasteiger partial charge in [0.05, 0.1) is 6.04 Å². The van der Waals surface area contributed by atoms with Crippen LogP contribution in [0.4, 0.5) is 0 Å². The first-order valence-corrected chi connectivity index (χ1v) is 7.80. The van der Waals surface area contributed by atoms with E-state index in [2.05, 4.69) is 24.2 Å². The van der Waals surface area contributed by atoms with Crippen LogP contribution in [0.25, 0.3) is 0 Å². The van der Waals surface area contributed by atoms with Crippen molar-refractivity contribution >= 4 is 5.91 Å². The largest absolute Gasteiger partial charge is 0.352 e. The molecule has 0 radical (unpaired) electrons. The van der Waals surface area contributed by atoms with Gasteiger partial charge in [-0.2, -0.15) is 0 Å². The number of hydrogen-bond donors (Lipinski definition) is 2. The molecule has 2 fully saturated rings. The van der Waals surface area contributed by atoms with Gasteiger partial charge in [-0.05, 0) is 38.6 Å². The summed E-state index contributed by atoms with van der Waals surface area (Å²) in [4.78, 5) is 14.7. The summed E-state index contributed by atoms with van der Waals surface area (Å²) in [5.41, 5.74) is 6.01. The molecule has 0 aromatic rings. The molecular weight excluding hydrogens is 238 g/mol. The standard InChI is InChI=1S/C15H29N3O/c1-4-10(2)14(16)15(19)17-11-8-12-6-5-7-13(9-11)18(12)3/h10-14H,4-9,16H2,1-3H3,(H,17,19)/t10-,11?,12?,13?,14-/m0/s1. The molecule has 2 saturated heterocycles. The first-order valence-electron chi connectivity index (χ1n) is 7.80. The minimum atomic E-state index is -0.357. The fourth-order valence-corrected chi connectivity index (χ4v) is 3.54. The lowest BCUT2D eigenvalue weighted by atomic mass is 9.82. The number of amides is 1. The van der Waals surface area contributed by atoms with Crippen molar-refractivity contribution in [3.8, 4) is 0 Å². The summed E-state index contributed by atoms with van der Waals surface area (Å²) < 4.78 is 0. The normalized spacial score (nSPS) is 34.6. The van der Waals surface area contributed by atoms with Crippen LogP contribution in [0.15, 0.2) is 0 Å². The Kier molecular flexibility index (Phi) is 4.85. The summed E-state index contributed by atoms with van der Waals surface area (Å²) >= 11 is 0. The van der Waals surface area contributed by atoms with Gasteiger partial charge in [0.25, 0.3) is 0 Å². The van der Waals surface area contributed by atoms with Crippen LogP contribution in [0.2, 0.25) is 0 Å². The highest BCUT2D eigenvalue weighted by Crippen LogP contribution is 2.32. The zero-order chi connectivity index (χ0) is 14.0. The van der Waals surface area contributed by atoms with Gasteiger partial charge in [-0.25, -0.2) is 0 Å². The monoisotopic (exact) mass is 267 g/mol. The van der Waals surface area contributed by atoms with Gasteiger partial charge in [0.1, 0.15) is 0 Å². The number of hydrogen-bond acceptors (Lipinski definition) is 3. The summed E-state index contributed by atoms with van der Waals surface area (Å²) in [5, 5.41) is 3.19. The Morgan fingerprint density at radius 2 is 1.95 bits per heavy atom. The van der Waals surface area contributed by atoms with Crippen LogP contribution in [-0.4, -0.2) is 42.0 Å². The van der Waals surface area contributed by atoms with Crippen molar-refractivity contribution in [3.05, 3.63) is 0 Å². The molecule has 2 bridgehead atoms. The summed E-state index contributed by atoms with van der Waals surface area (Å²) in [5.74, 6) is 0.299. The number of piperidine rings is 2. The first-order chi connectivity index (χ1) is 9.02. The lowest BCUT2D eigenvalue weighted by Crippen LogP contribution is -2.57. The van der Waals surface area contributed by atoms with Crippen LogP contribution in [0.1, 0.15) is 52.4 Å². The molecule has 3 N–H and O–H groups in total. The van der Waals surface area contributed by atoms with Crippen molar-refractivity contribution in [2.45, 2.75) is 76.5 Å². The Balaban J connectivity index is 1.88. The Labute approximate surface area is 117 Å². The zero-order valence-corrected chi connectivity index (χ0v) is 12.6. The third kappa shape index (κ3) is 3.29. The molecule has 2 rings (SSSR count). The molecule has 110 valence electrons. The van der Waals surface area contributed by atoms with E-state index in [1.807, 2.05) is 6.92 Å². The van der Waals surface area contributed by atoms with E-state index in [4.69, 9.17) is 5.73 Å². The van der Waals surface area contributed by atoms with Gasteiger partial charge in [0.2, 0.25) is 5.91 Å². The summed E-state index contributed by atoms with van der Waals surface area (Å²) in [7, 11) is 2.23. The Hall–Kier alpha value is -0.610. The van der Waals surface area contributed by atoms with E-state index >= 15 is 0 Å². The molecule has 0 spiro atoms. The molecule has 0 aromatic carbocycles. The van der Waals surface area contributed by atoms with E-state index < -0.39 is 0 Å². The highest BCUT2D eigenvalue weighted by atomic mass is 16.2. The second kappa shape index (κ2) is 6.23. The Bertz CT molecular complexity index is 307. The summed E-state index contributed by atoms with van der Waals surface area (Å²) in [6.45, 7) is 4.13. The summed E-state index contributed by atoms with van der Waals surface area (Å²) in [6, 6.07) is 1.27. The zero-order valence-electron chi connectivity index (χ0n) is 12.6. The molecule has 0 saturated carbocycles. The second-order valence-corrected chi connectivity index (χ2v) is 6.49. The van der Waals surface area contributed by atoms with Gasteiger partial charge in [-0.15, -0.1) is 0 Å².